The maximum Gasteiger partial charge on any atom is 0.0495 e. The van der Waals surface area contributed by atoms with Gasteiger partial charge < -0.3 is 4.57 Å². The Balaban J connectivity index is 1.90. The maximum absolute atomic E-state index is 2.35. The first-order chi connectivity index (χ1) is 14.8. The molecule has 6 aromatic carbocycles. The van der Waals surface area contributed by atoms with Crippen molar-refractivity contribution >= 4 is 64.9 Å². The molecule has 0 saturated carbocycles. The molecule has 1 nitrogen and oxygen atoms in total. The van der Waals surface area contributed by atoms with Gasteiger partial charge in [0.05, 0.1) is 0 Å². The topological polar surface area (TPSA) is 4.93 Å². The Hall–Kier alpha value is -3.84. The van der Waals surface area contributed by atoms with Crippen molar-refractivity contribution in [3.63, 3.8) is 0 Å². The van der Waals surface area contributed by atoms with E-state index in [-0.39, 0.29) is 0 Å². The molecular formula is C29H19N. The number of hydrogen-bond acceptors (Lipinski definition) is 0. The number of hydrogen-bond donors (Lipinski definition) is 0. The summed E-state index contributed by atoms with van der Waals surface area (Å²) in [5.74, 6) is 0. The van der Waals surface area contributed by atoms with Gasteiger partial charge in [0.2, 0.25) is 0 Å². The zero-order valence-corrected chi connectivity index (χ0v) is 16.7. The minimum atomic E-state index is 1.29. The van der Waals surface area contributed by atoms with E-state index in [1.165, 1.54) is 64.9 Å². The first kappa shape index (κ1) is 16.0. The van der Waals surface area contributed by atoms with Crippen LogP contribution in [0.1, 0.15) is 0 Å². The highest BCUT2D eigenvalue weighted by Crippen LogP contribution is 2.42. The van der Waals surface area contributed by atoms with Crippen molar-refractivity contribution in [2.45, 2.75) is 0 Å². The van der Waals surface area contributed by atoms with Gasteiger partial charge in [0.15, 0.2) is 0 Å². The molecule has 0 aliphatic heterocycles. The molecule has 0 aliphatic rings. The van der Waals surface area contributed by atoms with Gasteiger partial charge in [0, 0.05) is 28.9 Å². The Labute approximate surface area is 173 Å². The Morgan fingerprint density at radius 2 is 0.800 bits per heavy atom. The Bertz CT molecular complexity index is 1670. The third-order valence-electron chi connectivity index (χ3n) is 6.75. The first-order valence-electron chi connectivity index (χ1n) is 10.4. The first-order valence-corrected chi connectivity index (χ1v) is 10.4. The molecule has 1 heteroatoms. The summed E-state index contributed by atoms with van der Waals surface area (Å²) in [6.45, 7) is 0. The van der Waals surface area contributed by atoms with Gasteiger partial charge in [-0.25, -0.2) is 0 Å². The van der Waals surface area contributed by atoms with E-state index in [0.717, 1.165) is 0 Å². The zero-order chi connectivity index (χ0) is 19.8. The van der Waals surface area contributed by atoms with Crippen LogP contribution >= 0.6 is 0 Å². The molecule has 1 heterocycles. The number of fused-ring (bicyclic) bond motifs is 11. The lowest BCUT2D eigenvalue weighted by molar-refractivity contribution is 1.02. The van der Waals surface area contributed by atoms with Crippen LogP contribution < -0.4 is 0 Å². The lowest BCUT2D eigenvalue weighted by Gasteiger charge is -2.09. The molecule has 0 N–H and O–H groups in total. The van der Waals surface area contributed by atoms with Gasteiger partial charge in [0.1, 0.15) is 0 Å². The molecule has 7 rings (SSSR count). The molecule has 30 heavy (non-hydrogen) atoms. The fourth-order valence-electron chi connectivity index (χ4n) is 5.37. The Morgan fingerprint density at radius 3 is 1.30 bits per heavy atom. The fourth-order valence-corrected chi connectivity index (χ4v) is 5.37. The van der Waals surface area contributed by atoms with Crippen molar-refractivity contribution in [2.75, 3.05) is 0 Å². The molecule has 0 bridgehead atoms. The van der Waals surface area contributed by atoms with Crippen molar-refractivity contribution in [3.8, 4) is 0 Å². The minimum Gasteiger partial charge on any atom is -0.344 e. The van der Waals surface area contributed by atoms with Gasteiger partial charge in [-0.15, -0.1) is 0 Å². The van der Waals surface area contributed by atoms with Crippen molar-refractivity contribution in [3.05, 3.63) is 97.1 Å². The maximum atomic E-state index is 2.35. The van der Waals surface area contributed by atoms with Crippen LogP contribution in [0.2, 0.25) is 0 Å². The average Bonchev–Trinajstić information content (AvgIpc) is 3.10. The Morgan fingerprint density at radius 1 is 0.400 bits per heavy atom. The predicted molar refractivity (Wildman–Crippen MR) is 130 cm³/mol. The van der Waals surface area contributed by atoms with Gasteiger partial charge in [0.25, 0.3) is 0 Å². The van der Waals surface area contributed by atoms with Crippen LogP contribution in [0.4, 0.5) is 0 Å². The summed E-state index contributed by atoms with van der Waals surface area (Å²) in [7, 11) is 2.19. The van der Waals surface area contributed by atoms with E-state index in [2.05, 4.69) is 109 Å². The highest BCUT2D eigenvalue weighted by molar-refractivity contribution is 6.35. The standard InChI is InChI=1S/C29H19N/c1-30-24-16-14-20-12-10-18-6-2-4-8-22(18)26(20)28(24)29-25(30)17-15-21-13-11-19-7-3-5-9-23(19)27(21)29/h2-17H,1H3. The van der Waals surface area contributed by atoms with E-state index in [0.29, 0.717) is 0 Å². The van der Waals surface area contributed by atoms with Gasteiger partial charge in [-0.2, -0.15) is 0 Å². The van der Waals surface area contributed by atoms with Crippen LogP contribution in [0.3, 0.4) is 0 Å². The third-order valence-corrected chi connectivity index (χ3v) is 6.75. The van der Waals surface area contributed by atoms with Gasteiger partial charge >= 0.3 is 0 Å². The predicted octanol–water partition coefficient (Wildman–Crippen LogP) is 7.94. The minimum absolute atomic E-state index is 1.29. The number of benzene rings is 6. The highest BCUT2D eigenvalue weighted by atomic mass is 14.9. The van der Waals surface area contributed by atoms with E-state index in [1.54, 1.807) is 0 Å². The van der Waals surface area contributed by atoms with Gasteiger partial charge in [-0.3, -0.25) is 0 Å². The molecule has 0 radical (unpaired) electrons. The smallest absolute Gasteiger partial charge is 0.0495 e. The van der Waals surface area contributed by atoms with E-state index >= 15 is 0 Å². The largest absolute Gasteiger partial charge is 0.344 e. The molecule has 7 aromatic rings. The van der Waals surface area contributed by atoms with Crippen molar-refractivity contribution < 1.29 is 0 Å². The van der Waals surface area contributed by atoms with Crippen LogP contribution in [0.15, 0.2) is 97.1 Å². The monoisotopic (exact) mass is 381 g/mol. The molecule has 1 aromatic heterocycles. The number of aryl methyl sites for hydroxylation is 1. The van der Waals surface area contributed by atoms with Crippen molar-refractivity contribution in [1.82, 2.24) is 4.57 Å². The van der Waals surface area contributed by atoms with Crippen molar-refractivity contribution in [2.24, 2.45) is 7.05 Å². The molecule has 0 aliphatic carbocycles. The molecular weight excluding hydrogens is 362 g/mol. The normalized spacial score (nSPS) is 12.2. The van der Waals surface area contributed by atoms with E-state index < -0.39 is 0 Å². The van der Waals surface area contributed by atoms with Crippen LogP contribution in [0.5, 0.6) is 0 Å². The van der Waals surface area contributed by atoms with Crippen LogP contribution in [-0.2, 0) is 7.05 Å². The number of rotatable bonds is 0. The second-order valence-corrected chi connectivity index (χ2v) is 8.25. The van der Waals surface area contributed by atoms with Crippen LogP contribution in [0, 0.1) is 0 Å². The quantitative estimate of drug-likeness (QED) is 0.235. The molecule has 0 unspecified atom stereocenters. The fraction of sp³-hybridized carbons (Fsp3) is 0.0345. The molecule has 140 valence electrons. The van der Waals surface area contributed by atoms with E-state index in [9.17, 15) is 0 Å². The summed E-state index contributed by atoms with van der Waals surface area (Å²) in [5.41, 5.74) is 2.57. The lowest BCUT2D eigenvalue weighted by atomic mass is 9.94. The summed E-state index contributed by atoms with van der Waals surface area (Å²) >= 11 is 0. The molecule has 0 atom stereocenters. The summed E-state index contributed by atoms with van der Waals surface area (Å²) in [4.78, 5) is 0. The second kappa shape index (κ2) is 5.61. The average molecular weight is 381 g/mol. The van der Waals surface area contributed by atoms with Gasteiger partial charge in [-0.1, -0.05) is 84.9 Å². The van der Waals surface area contributed by atoms with E-state index in [4.69, 9.17) is 0 Å². The molecule has 0 fully saturated rings. The molecule has 0 spiro atoms. The molecule has 0 amide bonds. The summed E-state index contributed by atoms with van der Waals surface area (Å²) in [5, 5.41) is 13.3. The zero-order valence-electron chi connectivity index (χ0n) is 16.7. The van der Waals surface area contributed by atoms with Crippen molar-refractivity contribution in [1.29, 1.82) is 0 Å². The molecule has 0 saturated heterocycles. The summed E-state index contributed by atoms with van der Waals surface area (Å²) < 4.78 is 2.35. The highest BCUT2D eigenvalue weighted by Gasteiger charge is 2.16. The second-order valence-electron chi connectivity index (χ2n) is 8.25. The third kappa shape index (κ3) is 1.92. The SMILES string of the molecule is Cn1c2ccc3ccc4ccccc4c3c2c2c3c(ccc4ccccc43)ccc21. The number of nitrogens with zero attached hydrogens (tertiary/aromatic N) is 1. The van der Waals surface area contributed by atoms with Gasteiger partial charge in [-0.05, 0) is 55.2 Å². The number of aromatic nitrogens is 1. The van der Waals surface area contributed by atoms with Crippen LogP contribution in [0.25, 0.3) is 64.9 Å². The Kier molecular flexibility index (Phi) is 2.99. The van der Waals surface area contributed by atoms with E-state index in [1.807, 2.05) is 0 Å². The van der Waals surface area contributed by atoms with Crippen LogP contribution in [-0.4, -0.2) is 4.57 Å². The summed E-state index contributed by atoms with van der Waals surface area (Å²) in [6, 6.07) is 35.6. The lowest BCUT2D eigenvalue weighted by Crippen LogP contribution is -1.86. The summed E-state index contributed by atoms with van der Waals surface area (Å²) in [6.07, 6.45) is 0.